The number of hydrogen-bond acceptors (Lipinski definition) is 6. The molecule has 0 saturated carbocycles. The maximum Gasteiger partial charge on any atom is 0.253 e. The molecule has 1 fully saturated rings. The lowest BCUT2D eigenvalue weighted by molar-refractivity contribution is 0.0664. The molecule has 204 valence electrons. The van der Waals surface area contributed by atoms with Crippen LogP contribution in [0.25, 0.3) is 44.4 Å². The fraction of sp³-hybridized carbons (Fsp3) is 0.182. The zero-order valence-corrected chi connectivity index (χ0v) is 23.4. The maximum atomic E-state index is 13.0. The van der Waals surface area contributed by atoms with Crippen LogP contribution in [0, 0.1) is 0 Å². The summed E-state index contributed by atoms with van der Waals surface area (Å²) in [6.45, 7) is 3.24. The Labute approximate surface area is 241 Å². The van der Waals surface area contributed by atoms with Crippen LogP contribution >= 0.6 is 11.3 Å². The first-order valence-electron chi connectivity index (χ1n) is 13.7. The van der Waals surface area contributed by atoms with E-state index in [2.05, 4.69) is 47.3 Å². The van der Waals surface area contributed by atoms with Crippen molar-refractivity contribution in [3.05, 3.63) is 101 Å². The topological polar surface area (TPSA) is 82.4 Å². The largest absolute Gasteiger partial charge is 0.453 e. The molecule has 0 radical (unpaired) electrons. The van der Waals surface area contributed by atoms with Crippen molar-refractivity contribution in [3.63, 3.8) is 0 Å². The molecule has 1 N–H and O–H groups in total. The molecule has 1 aliphatic rings. The van der Waals surface area contributed by atoms with Gasteiger partial charge in [-0.05, 0) is 43.4 Å². The molecule has 3 aromatic carbocycles. The smallest absolute Gasteiger partial charge is 0.253 e. The molecule has 3 aromatic heterocycles. The molecule has 0 atom stereocenters. The number of nitrogens with zero attached hydrogens (tertiary/aromatic N) is 3. The minimum absolute atomic E-state index is 0.0454. The Balaban J connectivity index is 1.02. The number of thiazole rings is 1. The summed E-state index contributed by atoms with van der Waals surface area (Å²) >= 11 is 1.47. The van der Waals surface area contributed by atoms with Crippen molar-refractivity contribution in [2.45, 2.75) is 6.42 Å². The van der Waals surface area contributed by atoms with E-state index in [-0.39, 0.29) is 18.1 Å². The van der Waals surface area contributed by atoms with Gasteiger partial charge in [-0.1, -0.05) is 42.5 Å². The number of carbonyl (C=O) groups excluding carboxylic acids is 2. The van der Waals surface area contributed by atoms with E-state index in [1.165, 1.54) is 22.1 Å². The van der Waals surface area contributed by atoms with E-state index in [1.54, 1.807) is 12.1 Å². The number of ketones is 1. The van der Waals surface area contributed by atoms with Crippen LogP contribution in [0.15, 0.2) is 88.7 Å². The number of hydrogen-bond donors (Lipinski definition) is 1. The summed E-state index contributed by atoms with van der Waals surface area (Å²) in [5.74, 6) is 0.821. The molecule has 4 heterocycles. The summed E-state index contributed by atoms with van der Waals surface area (Å²) in [5.41, 5.74) is 5.51. The Bertz CT molecular complexity index is 1890. The average Bonchev–Trinajstić information content (AvgIpc) is 3.76. The van der Waals surface area contributed by atoms with Crippen molar-refractivity contribution >= 4 is 44.8 Å². The Morgan fingerprint density at radius 1 is 0.878 bits per heavy atom. The van der Waals surface area contributed by atoms with Gasteiger partial charge >= 0.3 is 0 Å². The first-order valence-corrected chi connectivity index (χ1v) is 14.6. The fourth-order valence-electron chi connectivity index (χ4n) is 5.38. The fourth-order valence-corrected chi connectivity index (χ4v) is 6.18. The summed E-state index contributed by atoms with van der Waals surface area (Å²) in [7, 11) is 2.07. The first-order chi connectivity index (χ1) is 20.0. The summed E-state index contributed by atoms with van der Waals surface area (Å²) in [6, 6.07) is 25.5. The number of amides is 1. The molecule has 0 bridgehead atoms. The Morgan fingerprint density at radius 3 is 2.46 bits per heavy atom. The molecule has 8 heteroatoms. The monoisotopic (exact) mass is 560 g/mol. The third-order valence-corrected chi connectivity index (χ3v) is 8.60. The highest BCUT2D eigenvalue weighted by molar-refractivity contribution is 7.10. The van der Waals surface area contributed by atoms with Crippen molar-refractivity contribution in [2.24, 2.45) is 0 Å². The van der Waals surface area contributed by atoms with Crippen LogP contribution in [0.5, 0.6) is 0 Å². The minimum atomic E-state index is -0.120. The zero-order chi connectivity index (χ0) is 27.9. The van der Waals surface area contributed by atoms with Crippen molar-refractivity contribution < 1.29 is 14.0 Å². The van der Waals surface area contributed by atoms with Gasteiger partial charge in [0.15, 0.2) is 5.76 Å². The Morgan fingerprint density at radius 2 is 1.63 bits per heavy atom. The highest BCUT2D eigenvalue weighted by Gasteiger charge is 2.21. The summed E-state index contributed by atoms with van der Waals surface area (Å²) in [6.07, 6.45) is 0.171. The number of H-pyrrole nitrogens is 1. The van der Waals surface area contributed by atoms with Gasteiger partial charge in [0.2, 0.25) is 5.78 Å². The quantitative estimate of drug-likeness (QED) is 0.235. The van der Waals surface area contributed by atoms with Crippen molar-refractivity contribution in [3.8, 4) is 22.6 Å². The predicted molar refractivity (Wildman–Crippen MR) is 162 cm³/mol. The van der Waals surface area contributed by atoms with Gasteiger partial charge in [-0.15, -0.1) is 11.3 Å². The average molecular weight is 561 g/mol. The molecule has 7 rings (SSSR count). The third-order valence-electron chi connectivity index (χ3n) is 7.75. The van der Waals surface area contributed by atoms with Gasteiger partial charge in [0.25, 0.3) is 5.91 Å². The lowest BCUT2D eigenvalue weighted by Crippen LogP contribution is -2.47. The lowest BCUT2D eigenvalue weighted by Gasteiger charge is -2.32. The van der Waals surface area contributed by atoms with Crippen molar-refractivity contribution in [2.75, 3.05) is 33.2 Å². The number of Topliss-reactive ketones (excluding diaryl/α,β-unsaturated/α-hetero) is 1. The van der Waals surface area contributed by atoms with Crippen LogP contribution in [0.2, 0.25) is 0 Å². The summed E-state index contributed by atoms with van der Waals surface area (Å²) in [4.78, 5) is 38.2. The highest BCUT2D eigenvalue weighted by Crippen LogP contribution is 2.31. The molecule has 41 heavy (non-hydrogen) atoms. The standard InChI is InChI=1S/C33H28N4O3S/c1-36-14-16-37(17-15-36)33(39)22-8-6-21(7-9-22)30-12-13-31(40-30)29(38)19-32-35-28(20-41-32)23-10-11-25-24-4-2-3-5-26(24)34-27(25)18-23/h2-13,18,20,34H,14-17,19H2,1H3. The number of nitrogens with one attached hydrogen (secondary N) is 1. The Kier molecular flexibility index (Phi) is 6.49. The Hall–Kier alpha value is -4.53. The molecule has 0 aliphatic carbocycles. The molecule has 6 aromatic rings. The van der Waals surface area contributed by atoms with E-state index >= 15 is 0 Å². The SMILES string of the molecule is CN1CCN(C(=O)c2ccc(-c3ccc(C(=O)Cc4nc(-c5ccc6c(c5)[nH]c5ccccc56)cs4)o3)cc2)CC1. The van der Waals surface area contributed by atoms with E-state index in [1.807, 2.05) is 46.7 Å². The second-order valence-corrected chi connectivity index (χ2v) is 11.4. The number of aromatic nitrogens is 2. The van der Waals surface area contributed by atoms with E-state index in [0.29, 0.717) is 17.1 Å². The third kappa shape index (κ3) is 4.96. The number of carbonyl (C=O) groups is 2. The van der Waals surface area contributed by atoms with Crippen molar-refractivity contribution in [1.29, 1.82) is 0 Å². The van der Waals surface area contributed by atoms with Gasteiger partial charge in [-0.2, -0.15) is 0 Å². The van der Waals surface area contributed by atoms with Gasteiger partial charge < -0.3 is 19.2 Å². The van der Waals surface area contributed by atoms with Gasteiger partial charge in [-0.3, -0.25) is 9.59 Å². The number of furan rings is 1. The maximum absolute atomic E-state index is 13.0. The van der Waals surface area contributed by atoms with Gasteiger partial charge in [0, 0.05) is 70.1 Å². The second kappa shape index (κ2) is 10.5. The van der Waals surface area contributed by atoms with Crippen LogP contribution in [-0.2, 0) is 6.42 Å². The normalized spacial score (nSPS) is 14.2. The number of rotatable bonds is 6. The molecular formula is C33H28N4O3S. The van der Waals surface area contributed by atoms with Gasteiger partial charge in [0.1, 0.15) is 10.8 Å². The molecule has 0 unspecified atom stereocenters. The summed E-state index contributed by atoms with van der Waals surface area (Å²) in [5, 5.41) is 5.11. The number of aromatic amines is 1. The first kappa shape index (κ1) is 25.4. The molecule has 7 nitrogen and oxygen atoms in total. The van der Waals surface area contributed by atoms with Crippen molar-refractivity contribution in [1.82, 2.24) is 19.8 Å². The molecule has 1 amide bonds. The number of para-hydroxylation sites is 1. The zero-order valence-electron chi connectivity index (χ0n) is 22.6. The lowest BCUT2D eigenvalue weighted by atomic mass is 10.1. The number of piperazine rings is 1. The van der Waals surface area contributed by atoms with Crippen LogP contribution in [0.1, 0.15) is 25.9 Å². The molecule has 1 aliphatic heterocycles. The number of likely N-dealkylation sites (N-methyl/N-ethyl adjacent to an activating group) is 1. The molecule has 0 spiro atoms. The van der Waals surface area contributed by atoms with Crippen LogP contribution in [0.3, 0.4) is 0 Å². The van der Waals surface area contributed by atoms with E-state index in [4.69, 9.17) is 9.40 Å². The van der Waals surface area contributed by atoms with E-state index < -0.39 is 0 Å². The molecular weight excluding hydrogens is 532 g/mol. The van der Waals surface area contributed by atoms with E-state index in [9.17, 15) is 9.59 Å². The predicted octanol–water partition coefficient (Wildman–Crippen LogP) is 6.52. The minimum Gasteiger partial charge on any atom is -0.453 e. The number of fused-ring (bicyclic) bond motifs is 3. The second-order valence-electron chi connectivity index (χ2n) is 10.5. The summed E-state index contributed by atoms with van der Waals surface area (Å²) < 4.78 is 5.92. The van der Waals surface area contributed by atoms with Gasteiger partial charge in [0.05, 0.1) is 12.1 Å². The van der Waals surface area contributed by atoms with Crippen LogP contribution in [-0.4, -0.2) is 64.7 Å². The van der Waals surface area contributed by atoms with Gasteiger partial charge in [-0.25, -0.2) is 4.98 Å². The van der Waals surface area contributed by atoms with E-state index in [0.717, 1.165) is 59.0 Å². The van der Waals surface area contributed by atoms with Crippen LogP contribution < -0.4 is 0 Å². The van der Waals surface area contributed by atoms with Crippen LogP contribution in [0.4, 0.5) is 0 Å². The molecule has 1 saturated heterocycles. The number of benzene rings is 3. The highest BCUT2D eigenvalue weighted by atomic mass is 32.1.